The molecule has 0 amide bonds. The molecule has 4 nitrogen and oxygen atoms in total. The summed E-state index contributed by atoms with van der Waals surface area (Å²) in [7, 11) is 0. The van der Waals surface area contributed by atoms with E-state index in [0.29, 0.717) is 16.7 Å². The van der Waals surface area contributed by atoms with Gasteiger partial charge in [-0.25, -0.2) is 8.78 Å². The Morgan fingerprint density at radius 1 is 0.941 bits per heavy atom. The van der Waals surface area contributed by atoms with Crippen LogP contribution in [0.1, 0.15) is 30.0 Å². The van der Waals surface area contributed by atoms with E-state index in [1.165, 1.54) is 30.3 Å². The van der Waals surface area contributed by atoms with Crippen LogP contribution in [0.2, 0.25) is 0 Å². The summed E-state index contributed by atoms with van der Waals surface area (Å²) in [6, 6.07) is 15.2. The van der Waals surface area contributed by atoms with Crippen molar-refractivity contribution in [1.29, 1.82) is 0 Å². The molecule has 1 heterocycles. The second-order valence-corrected chi connectivity index (χ2v) is 7.87. The number of carboxylic acid groups (broad SMARTS) is 1. The normalized spacial score (nSPS) is 18.0. The molecule has 1 N–H and O–H groups in total. The van der Waals surface area contributed by atoms with E-state index in [1.54, 1.807) is 24.3 Å². The zero-order valence-electron chi connectivity index (χ0n) is 17.5. The van der Waals surface area contributed by atoms with E-state index in [0.717, 1.165) is 12.1 Å². The van der Waals surface area contributed by atoms with Gasteiger partial charge in [0.05, 0.1) is 18.0 Å². The number of halogens is 5. The molecule has 4 rings (SSSR count). The van der Waals surface area contributed by atoms with Gasteiger partial charge in [0, 0.05) is 11.6 Å². The molecule has 0 bridgehead atoms. The van der Waals surface area contributed by atoms with Crippen LogP contribution < -0.4 is 4.74 Å². The van der Waals surface area contributed by atoms with Gasteiger partial charge in [0.15, 0.2) is 0 Å². The molecule has 0 saturated heterocycles. The molecule has 0 saturated carbocycles. The average molecular weight is 475 g/mol. The van der Waals surface area contributed by atoms with Crippen LogP contribution in [0.25, 0.3) is 11.1 Å². The number of carbonyl (C=O) groups is 1. The topological polar surface area (TPSA) is 58.9 Å². The smallest absolute Gasteiger partial charge is 0.481 e. The number of aliphatic imine (C=N–C) groups is 1. The van der Waals surface area contributed by atoms with Crippen LogP contribution in [0.15, 0.2) is 71.7 Å². The van der Waals surface area contributed by atoms with Gasteiger partial charge in [-0.05, 0) is 47.4 Å². The van der Waals surface area contributed by atoms with Gasteiger partial charge in [0.2, 0.25) is 0 Å². The van der Waals surface area contributed by atoms with Crippen LogP contribution in [-0.2, 0) is 4.79 Å². The van der Waals surface area contributed by atoms with Crippen molar-refractivity contribution in [3.05, 3.63) is 89.5 Å². The molecule has 0 aliphatic carbocycles. The predicted octanol–water partition coefficient (Wildman–Crippen LogP) is 6.56. The number of hydrogen-bond acceptors (Lipinski definition) is 3. The molecule has 176 valence electrons. The van der Waals surface area contributed by atoms with Crippen molar-refractivity contribution >= 4 is 11.7 Å². The van der Waals surface area contributed by atoms with E-state index in [4.69, 9.17) is 0 Å². The Labute approximate surface area is 191 Å². The highest BCUT2D eigenvalue weighted by atomic mass is 19.4. The Kier molecular flexibility index (Phi) is 6.37. The maximum atomic E-state index is 14.3. The molecule has 0 fully saturated rings. The molecule has 1 aliphatic rings. The molecule has 2 atom stereocenters. The first-order valence-corrected chi connectivity index (χ1v) is 10.3. The lowest BCUT2D eigenvalue weighted by Crippen LogP contribution is -2.16. The van der Waals surface area contributed by atoms with Crippen LogP contribution in [0, 0.1) is 17.6 Å². The van der Waals surface area contributed by atoms with E-state index >= 15 is 0 Å². The Morgan fingerprint density at radius 2 is 1.50 bits per heavy atom. The number of carboxylic acids is 1. The summed E-state index contributed by atoms with van der Waals surface area (Å²) < 4.78 is 69.4. The van der Waals surface area contributed by atoms with E-state index in [-0.39, 0.29) is 29.9 Å². The first-order chi connectivity index (χ1) is 16.1. The first kappa shape index (κ1) is 23.4. The van der Waals surface area contributed by atoms with Crippen molar-refractivity contribution in [3.63, 3.8) is 0 Å². The summed E-state index contributed by atoms with van der Waals surface area (Å²) in [5.74, 6) is -3.39. The van der Waals surface area contributed by atoms with Gasteiger partial charge in [-0.15, -0.1) is 13.2 Å². The molecule has 2 unspecified atom stereocenters. The molecule has 0 aromatic heterocycles. The van der Waals surface area contributed by atoms with Gasteiger partial charge < -0.3 is 9.84 Å². The van der Waals surface area contributed by atoms with Crippen LogP contribution in [0.3, 0.4) is 0 Å². The number of alkyl halides is 3. The highest BCUT2D eigenvalue weighted by Gasteiger charge is 2.34. The molecular weight excluding hydrogens is 457 g/mol. The van der Waals surface area contributed by atoms with Crippen molar-refractivity contribution in [2.24, 2.45) is 10.9 Å². The summed E-state index contributed by atoms with van der Waals surface area (Å²) in [6.07, 6.45) is -4.89. The van der Waals surface area contributed by atoms with Crippen molar-refractivity contribution < 1.29 is 36.6 Å². The summed E-state index contributed by atoms with van der Waals surface area (Å²) in [4.78, 5) is 15.9. The lowest BCUT2D eigenvalue weighted by atomic mass is 9.88. The Bertz CT molecular complexity index is 1200. The predicted molar refractivity (Wildman–Crippen MR) is 115 cm³/mol. The second-order valence-electron chi connectivity index (χ2n) is 7.87. The molecule has 3 aromatic carbocycles. The summed E-state index contributed by atoms with van der Waals surface area (Å²) in [5.41, 5.74) is 1.94. The van der Waals surface area contributed by atoms with Gasteiger partial charge in [0.1, 0.15) is 17.4 Å². The fraction of sp³-hybridized carbons (Fsp3) is 0.200. The fourth-order valence-corrected chi connectivity index (χ4v) is 4.10. The van der Waals surface area contributed by atoms with Crippen molar-refractivity contribution in [3.8, 4) is 16.9 Å². The highest BCUT2D eigenvalue weighted by Crippen LogP contribution is 2.40. The number of rotatable bonds is 6. The lowest BCUT2D eigenvalue weighted by Gasteiger charge is -2.17. The fourth-order valence-electron chi connectivity index (χ4n) is 4.10. The minimum absolute atomic E-state index is 0.108. The summed E-state index contributed by atoms with van der Waals surface area (Å²) >= 11 is 0. The van der Waals surface area contributed by atoms with Gasteiger partial charge >= 0.3 is 12.3 Å². The van der Waals surface area contributed by atoms with E-state index in [9.17, 15) is 31.9 Å². The van der Waals surface area contributed by atoms with E-state index in [2.05, 4.69) is 9.73 Å². The Morgan fingerprint density at radius 3 is 2.03 bits per heavy atom. The highest BCUT2D eigenvalue weighted by molar-refractivity contribution is 6.02. The quantitative estimate of drug-likeness (QED) is 0.411. The number of aliphatic carboxylic acids is 1. The third-order valence-electron chi connectivity index (χ3n) is 5.56. The van der Waals surface area contributed by atoms with E-state index < -0.39 is 35.9 Å². The second kappa shape index (κ2) is 9.24. The minimum atomic E-state index is -4.78. The van der Waals surface area contributed by atoms with Crippen LogP contribution >= 0.6 is 0 Å². The molecule has 0 spiro atoms. The molecule has 9 heteroatoms. The minimum Gasteiger partial charge on any atom is -0.481 e. The molecule has 3 aromatic rings. The SMILES string of the molecule is O=C(O)CC1CC(c2c(F)cccc2F)=NC1c1ccc(-c2ccc(OC(F)(F)F)cc2)cc1. The van der Waals surface area contributed by atoms with Crippen molar-refractivity contribution in [1.82, 2.24) is 0 Å². The lowest BCUT2D eigenvalue weighted by molar-refractivity contribution is -0.274. The average Bonchev–Trinajstić information content (AvgIpc) is 3.15. The van der Waals surface area contributed by atoms with Gasteiger partial charge in [-0.1, -0.05) is 42.5 Å². The summed E-state index contributed by atoms with van der Waals surface area (Å²) in [5, 5.41) is 9.31. The standard InChI is InChI=1S/C25H18F5NO3/c26-19-2-1-3-20(27)23(19)21-12-17(13-22(32)33)24(31-21)16-6-4-14(5-7-16)15-8-10-18(11-9-15)34-25(28,29)30/h1-11,17,24H,12-13H2,(H,32,33). The van der Waals surface area contributed by atoms with Crippen LogP contribution in [-0.4, -0.2) is 23.1 Å². The molecule has 0 radical (unpaired) electrons. The molecule has 34 heavy (non-hydrogen) atoms. The number of ether oxygens (including phenoxy) is 1. The maximum absolute atomic E-state index is 14.3. The molecular formula is C25H18F5NO3. The molecule has 1 aliphatic heterocycles. The Balaban J connectivity index is 1.60. The van der Waals surface area contributed by atoms with E-state index in [1.807, 2.05) is 0 Å². The zero-order chi connectivity index (χ0) is 24.5. The van der Waals surface area contributed by atoms with Crippen molar-refractivity contribution in [2.75, 3.05) is 0 Å². The van der Waals surface area contributed by atoms with Crippen LogP contribution in [0.4, 0.5) is 22.0 Å². The number of hydrogen-bond donors (Lipinski definition) is 1. The third-order valence-corrected chi connectivity index (χ3v) is 5.56. The monoisotopic (exact) mass is 475 g/mol. The maximum Gasteiger partial charge on any atom is 0.573 e. The van der Waals surface area contributed by atoms with Gasteiger partial charge in [0.25, 0.3) is 0 Å². The Hall–Kier alpha value is -3.75. The van der Waals surface area contributed by atoms with Crippen LogP contribution in [0.5, 0.6) is 5.75 Å². The first-order valence-electron chi connectivity index (χ1n) is 10.3. The third kappa shape index (κ3) is 5.24. The number of benzene rings is 3. The zero-order valence-corrected chi connectivity index (χ0v) is 17.5. The van der Waals surface area contributed by atoms with Crippen molar-refractivity contribution in [2.45, 2.75) is 25.2 Å². The van der Waals surface area contributed by atoms with Gasteiger partial charge in [-0.2, -0.15) is 0 Å². The number of nitrogens with zero attached hydrogens (tertiary/aromatic N) is 1. The van der Waals surface area contributed by atoms with Gasteiger partial charge in [-0.3, -0.25) is 9.79 Å². The largest absolute Gasteiger partial charge is 0.573 e. The summed E-state index contributed by atoms with van der Waals surface area (Å²) in [6.45, 7) is 0.